The van der Waals surface area contributed by atoms with Crippen LogP contribution < -0.4 is 10.6 Å². The van der Waals surface area contributed by atoms with Gasteiger partial charge in [-0.3, -0.25) is 4.79 Å². The first-order valence-electron chi connectivity index (χ1n) is 9.58. The lowest BCUT2D eigenvalue weighted by Crippen LogP contribution is -2.41. The summed E-state index contributed by atoms with van der Waals surface area (Å²) in [6.45, 7) is 9.02. The molecule has 3 unspecified atom stereocenters. The molecule has 1 aliphatic carbocycles. The SMILES string of the molecule is CC(CC(=O)NC(C)C(C)C1CCCCC1)C1CCNCC1. The minimum atomic E-state index is 0.265. The second-order valence-electron chi connectivity index (χ2n) is 7.88. The molecule has 1 aliphatic heterocycles. The fourth-order valence-corrected chi connectivity index (χ4v) is 4.38. The van der Waals surface area contributed by atoms with E-state index in [-0.39, 0.29) is 5.91 Å². The highest BCUT2D eigenvalue weighted by Gasteiger charge is 2.27. The number of hydrogen-bond acceptors (Lipinski definition) is 2. The highest BCUT2D eigenvalue weighted by Crippen LogP contribution is 2.31. The third kappa shape index (κ3) is 5.26. The minimum Gasteiger partial charge on any atom is -0.353 e. The van der Waals surface area contributed by atoms with Crippen molar-refractivity contribution in [3.05, 3.63) is 0 Å². The van der Waals surface area contributed by atoms with E-state index in [1.165, 1.54) is 44.9 Å². The molecule has 1 heterocycles. The molecule has 0 bridgehead atoms. The van der Waals surface area contributed by atoms with Crippen molar-refractivity contribution in [1.82, 2.24) is 10.6 Å². The Morgan fingerprint density at radius 3 is 2.27 bits per heavy atom. The van der Waals surface area contributed by atoms with Crippen molar-refractivity contribution in [3.8, 4) is 0 Å². The maximum Gasteiger partial charge on any atom is 0.220 e. The van der Waals surface area contributed by atoms with Crippen molar-refractivity contribution < 1.29 is 4.79 Å². The molecule has 0 aromatic rings. The molecule has 1 amide bonds. The molecule has 1 saturated carbocycles. The highest BCUT2D eigenvalue weighted by atomic mass is 16.1. The molecule has 0 aromatic carbocycles. The lowest BCUT2D eigenvalue weighted by molar-refractivity contribution is -0.123. The first-order chi connectivity index (χ1) is 10.6. The zero-order valence-electron chi connectivity index (χ0n) is 14.9. The van der Waals surface area contributed by atoms with Crippen molar-refractivity contribution in [1.29, 1.82) is 0 Å². The van der Waals surface area contributed by atoms with Gasteiger partial charge in [-0.25, -0.2) is 0 Å². The summed E-state index contributed by atoms with van der Waals surface area (Å²) in [7, 11) is 0. The van der Waals surface area contributed by atoms with E-state index in [1.54, 1.807) is 0 Å². The van der Waals surface area contributed by atoms with E-state index in [9.17, 15) is 4.79 Å². The molecule has 3 heteroatoms. The minimum absolute atomic E-state index is 0.265. The number of amides is 1. The van der Waals surface area contributed by atoms with E-state index in [4.69, 9.17) is 0 Å². The molecule has 128 valence electrons. The lowest BCUT2D eigenvalue weighted by Gasteiger charge is -2.33. The van der Waals surface area contributed by atoms with Crippen LogP contribution in [-0.2, 0) is 4.79 Å². The van der Waals surface area contributed by atoms with Crippen molar-refractivity contribution in [2.45, 2.75) is 78.2 Å². The van der Waals surface area contributed by atoms with Gasteiger partial charge in [-0.2, -0.15) is 0 Å². The molecule has 22 heavy (non-hydrogen) atoms. The third-order valence-corrected chi connectivity index (χ3v) is 6.27. The first-order valence-corrected chi connectivity index (χ1v) is 9.58. The number of carbonyl (C=O) groups excluding carboxylic acids is 1. The first kappa shape index (κ1) is 17.8. The molecule has 2 aliphatic rings. The van der Waals surface area contributed by atoms with Crippen LogP contribution in [0, 0.1) is 23.7 Å². The van der Waals surface area contributed by atoms with Crippen LogP contribution in [0.4, 0.5) is 0 Å². The van der Waals surface area contributed by atoms with Crippen molar-refractivity contribution in [3.63, 3.8) is 0 Å². The van der Waals surface area contributed by atoms with Gasteiger partial charge >= 0.3 is 0 Å². The third-order valence-electron chi connectivity index (χ3n) is 6.27. The van der Waals surface area contributed by atoms with Gasteiger partial charge in [-0.1, -0.05) is 46.0 Å². The fourth-order valence-electron chi connectivity index (χ4n) is 4.38. The summed E-state index contributed by atoms with van der Waals surface area (Å²) in [5, 5.41) is 6.70. The van der Waals surface area contributed by atoms with E-state index >= 15 is 0 Å². The van der Waals surface area contributed by atoms with Crippen LogP contribution in [0.15, 0.2) is 0 Å². The predicted octanol–water partition coefficient (Wildman–Crippen LogP) is 3.73. The van der Waals surface area contributed by atoms with Crippen molar-refractivity contribution in [2.24, 2.45) is 23.7 Å². The molecular formula is C19H36N2O. The van der Waals surface area contributed by atoms with Crippen molar-refractivity contribution in [2.75, 3.05) is 13.1 Å². The smallest absolute Gasteiger partial charge is 0.220 e. The van der Waals surface area contributed by atoms with Gasteiger partial charge in [0.25, 0.3) is 0 Å². The van der Waals surface area contributed by atoms with E-state index in [2.05, 4.69) is 31.4 Å². The molecule has 2 N–H and O–H groups in total. The van der Waals surface area contributed by atoms with E-state index < -0.39 is 0 Å². The maximum atomic E-state index is 12.4. The predicted molar refractivity (Wildman–Crippen MR) is 92.7 cm³/mol. The van der Waals surface area contributed by atoms with E-state index in [1.807, 2.05) is 0 Å². The molecule has 1 saturated heterocycles. The second kappa shape index (κ2) is 8.90. The molecular weight excluding hydrogens is 272 g/mol. The summed E-state index contributed by atoms with van der Waals surface area (Å²) in [5.41, 5.74) is 0. The Kier molecular flexibility index (Phi) is 7.20. The Balaban J connectivity index is 1.72. The van der Waals surface area contributed by atoms with Crippen LogP contribution in [0.5, 0.6) is 0 Å². The standard InChI is InChI=1S/C19H36N2O/c1-14(17-9-11-20-12-10-17)13-19(22)21-16(3)15(2)18-7-5-4-6-8-18/h14-18,20H,4-13H2,1-3H3,(H,21,22). The molecule has 2 rings (SSSR count). The van der Waals surface area contributed by atoms with Gasteiger partial charge in [-0.05, 0) is 56.5 Å². The molecule has 3 atom stereocenters. The van der Waals surface area contributed by atoms with Gasteiger partial charge in [0.2, 0.25) is 5.91 Å². The van der Waals surface area contributed by atoms with Crippen LogP contribution in [0.25, 0.3) is 0 Å². The highest BCUT2D eigenvalue weighted by molar-refractivity contribution is 5.76. The summed E-state index contributed by atoms with van der Waals surface area (Å²) in [4.78, 5) is 12.4. The van der Waals surface area contributed by atoms with Gasteiger partial charge in [0.15, 0.2) is 0 Å². The van der Waals surface area contributed by atoms with Gasteiger partial charge in [0.1, 0.15) is 0 Å². The zero-order chi connectivity index (χ0) is 15.9. The molecule has 0 radical (unpaired) electrons. The molecule has 0 spiro atoms. The van der Waals surface area contributed by atoms with E-state index in [0.29, 0.717) is 24.3 Å². The lowest BCUT2D eigenvalue weighted by atomic mass is 9.78. The quantitative estimate of drug-likeness (QED) is 0.785. The Labute approximate surface area is 137 Å². The maximum absolute atomic E-state index is 12.4. The fraction of sp³-hybridized carbons (Fsp3) is 0.947. The van der Waals surface area contributed by atoms with Crippen LogP contribution in [-0.4, -0.2) is 25.0 Å². The molecule has 3 nitrogen and oxygen atoms in total. The number of hydrogen-bond donors (Lipinski definition) is 2. The number of carbonyl (C=O) groups is 1. The van der Waals surface area contributed by atoms with Gasteiger partial charge in [0.05, 0.1) is 0 Å². The monoisotopic (exact) mass is 308 g/mol. The Morgan fingerprint density at radius 1 is 1.00 bits per heavy atom. The van der Waals surface area contributed by atoms with E-state index in [0.717, 1.165) is 24.9 Å². The van der Waals surface area contributed by atoms with Gasteiger partial charge < -0.3 is 10.6 Å². The second-order valence-corrected chi connectivity index (χ2v) is 7.88. The molecule has 0 aromatic heterocycles. The Morgan fingerprint density at radius 2 is 1.64 bits per heavy atom. The van der Waals surface area contributed by atoms with Crippen LogP contribution in [0.2, 0.25) is 0 Å². The summed E-state index contributed by atoms with van der Waals surface area (Å²) in [6, 6.07) is 0.316. The topological polar surface area (TPSA) is 41.1 Å². The summed E-state index contributed by atoms with van der Waals surface area (Å²) >= 11 is 0. The average Bonchev–Trinajstić information content (AvgIpc) is 2.55. The average molecular weight is 309 g/mol. The summed E-state index contributed by atoms with van der Waals surface area (Å²) in [6.07, 6.45) is 10.0. The molecule has 2 fully saturated rings. The number of nitrogens with one attached hydrogen (secondary N) is 2. The largest absolute Gasteiger partial charge is 0.353 e. The Bertz CT molecular complexity index is 332. The Hall–Kier alpha value is -0.570. The number of piperidine rings is 1. The number of rotatable bonds is 6. The van der Waals surface area contributed by atoms with Crippen molar-refractivity contribution >= 4 is 5.91 Å². The zero-order valence-corrected chi connectivity index (χ0v) is 14.9. The van der Waals surface area contributed by atoms with Crippen LogP contribution >= 0.6 is 0 Å². The van der Waals surface area contributed by atoms with Crippen LogP contribution in [0.1, 0.15) is 72.1 Å². The summed E-state index contributed by atoms with van der Waals surface area (Å²) in [5.74, 6) is 2.92. The van der Waals surface area contributed by atoms with Crippen LogP contribution in [0.3, 0.4) is 0 Å². The summed E-state index contributed by atoms with van der Waals surface area (Å²) < 4.78 is 0. The normalized spacial score (nSPS) is 25.4. The van der Waals surface area contributed by atoms with Gasteiger partial charge in [0, 0.05) is 12.5 Å². The van der Waals surface area contributed by atoms with Gasteiger partial charge in [-0.15, -0.1) is 0 Å².